The van der Waals surface area contributed by atoms with Crippen molar-refractivity contribution in [1.82, 2.24) is 0 Å². The van der Waals surface area contributed by atoms with Gasteiger partial charge in [-0.25, -0.2) is 0 Å². The summed E-state index contributed by atoms with van der Waals surface area (Å²) in [6.45, 7) is 7.07. The van der Waals surface area contributed by atoms with E-state index in [1.54, 1.807) is 7.11 Å². The summed E-state index contributed by atoms with van der Waals surface area (Å²) in [7, 11) is 1.69. The number of hydrogen-bond acceptors (Lipinski definition) is 2. The second kappa shape index (κ2) is 3.81. The molecule has 0 aromatic heterocycles. The predicted octanol–water partition coefficient (Wildman–Crippen LogP) is 3.06. The Morgan fingerprint density at radius 1 is 1.33 bits per heavy atom. The Kier molecular flexibility index (Phi) is 2.50. The molecule has 0 atom stereocenters. The largest absolute Gasteiger partial charge is 0.497 e. The van der Waals surface area contributed by atoms with Crippen LogP contribution in [-0.2, 0) is 0 Å². The maximum atomic E-state index is 5.20. The van der Waals surface area contributed by atoms with E-state index in [9.17, 15) is 0 Å². The van der Waals surface area contributed by atoms with Crippen molar-refractivity contribution in [3.05, 3.63) is 42.1 Å². The van der Waals surface area contributed by atoms with Crippen LogP contribution in [0.1, 0.15) is 12.5 Å². The van der Waals surface area contributed by atoms with Gasteiger partial charge in [0.25, 0.3) is 0 Å². The van der Waals surface area contributed by atoms with Crippen LogP contribution in [0.2, 0.25) is 0 Å². The fourth-order valence-electron chi connectivity index (χ4n) is 1.84. The van der Waals surface area contributed by atoms with Crippen LogP contribution in [0.25, 0.3) is 6.08 Å². The van der Waals surface area contributed by atoms with Crippen LogP contribution in [0.4, 0.5) is 5.69 Å². The Morgan fingerprint density at radius 3 is 2.80 bits per heavy atom. The van der Waals surface area contributed by atoms with Crippen LogP contribution < -0.4 is 9.64 Å². The first-order chi connectivity index (χ1) is 7.26. The zero-order valence-corrected chi connectivity index (χ0v) is 9.16. The first-order valence-corrected chi connectivity index (χ1v) is 5.09. The van der Waals surface area contributed by atoms with Gasteiger partial charge in [-0.3, -0.25) is 0 Å². The smallest absolute Gasteiger partial charge is 0.119 e. The molecule has 1 aromatic rings. The lowest BCUT2D eigenvalue weighted by atomic mass is 10.1. The molecule has 2 nitrogen and oxygen atoms in total. The highest BCUT2D eigenvalue weighted by Crippen LogP contribution is 2.32. The van der Waals surface area contributed by atoms with E-state index in [2.05, 4.69) is 30.5 Å². The van der Waals surface area contributed by atoms with Crippen molar-refractivity contribution in [2.75, 3.05) is 18.6 Å². The van der Waals surface area contributed by atoms with E-state index in [1.807, 2.05) is 18.2 Å². The second-order valence-electron chi connectivity index (χ2n) is 3.49. The molecule has 0 N–H and O–H groups in total. The van der Waals surface area contributed by atoms with Crippen LogP contribution in [0.3, 0.4) is 0 Å². The van der Waals surface area contributed by atoms with Crippen molar-refractivity contribution in [3.8, 4) is 5.75 Å². The lowest BCUT2D eigenvalue weighted by Gasteiger charge is -2.28. The number of nitrogens with zero attached hydrogens (tertiary/aromatic N) is 1. The summed E-state index contributed by atoms with van der Waals surface area (Å²) in [4.78, 5) is 2.19. The molecule has 0 unspecified atom stereocenters. The summed E-state index contributed by atoms with van der Waals surface area (Å²) in [6.07, 6.45) is 4.11. The zero-order chi connectivity index (χ0) is 10.8. The lowest BCUT2D eigenvalue weighted by Crippen LogP contribution is -2.22. The van der Waals surface area contributed by atoms with Crippen molar-refractivity contribution >= 4 is 11.8 Å². The fourth-order valence-corrected chi connectivity index (χ4v) is 1.84. The van der Waals surface area contributed by atoms with Gasteiger partial charge in [-0.1, -0.05) is 12.7 Å². The molecule has 0 saturated heterocycles. The van der Waals surface area contributed by atoms with E-state index in [0.717, 1.165) is 18.0 Å². The molecule has 0 aliphatic carbocycles. The van der Waals surface area contributed by atoms with E-state index >= 15 is 0 Å². The molecule has 0 saturated carbocycles. The Hall–Kier alpha value is -1.70. The van der Waals surface area contributed by atoms with Gasteiger partial charge in [0.1, 0.15) is 5.75 Å². The van der Waals surface area contributed by atoms with Gasteiger partial charge in [-0.2, -0.15) is 0 Å². The van der Waals surface area contributed by atoms with Crippen LogP contribution >= 0.6 is 0 Å². The molecule has 0 bridgehead atoms. The monoisotopic (exact) mass is 201 g/mol. The third kappa shape index (κ3) is 1.63. The van der Waals surface area contributed by atoms with Crippen LogP contribution in [0.15, 0.2) is 36.6 Å². The normalized spacial score (nSPS) is 14.0. The number of likely N-dealkylation sites (N-methyl/N-ethyl adjacent to an activating group) is 1. The molecule has 2 heteroatoms. The maximum Gasteiger partial charge on any atom is 0.119 e. The summed E-state index contributed by atoms with van der Waals surface area (Å²) in [5.74, 6) is 0.891. The first-order valence-electron chi connectivity index (χ1n) is 5.09. The van der Waals surface area contributed by atoms with Gasteiger partial charge in [0, 0.05) is 23.5 Å². The summed E-state index contributed by atoms with van der Waals surface area (Å²) in [5, 5.41) is 0. The fraction of sp³-hybridized carbons (Fsp3) is 0.231. The second-order valence-corrected chi connectivity index (χ2v) is 3.49. The van der Waals surface area contributed by atoms with Gasteiger partial charge in [-0.05, 0) is 31.2 Å². The van der Waals surface area contributed by atoms with Gasteiger partial charge in [-0.15, -0.1) is 0 Å². The third-order valence-corrected chi connectivity index (χ3v) is 2.64. The molecule has 1 heterocycles. The number of allylic oxidation sites excluding steroid dienone is 1. The number of methoxy groups -OCH3 is 1. The molecule has 0 amide bonds. The van der Waals surface area contributed by atoms with Crippen LogP contribution in [0.5, 0.6) is 5.75 Å². The van der Waals surface area contributed by atoms with Gasteiger partial charge >= 0.3 is 0 Å². The van der Waals surface area contributed by atoms with E-state index in [4.69, 9.17) is 4.74 Å². The lowest BCUT2D eigenvalue weighted by molar-refractivity contribution is 0.414. The van der Waals surface area contributed by atoms with Gasteiger partial charge in [0.2, 0.25) is 0 Å². The SMILES string of the molecule is C=C1C=Cc2cc(OC)ccc2N1CC. The van der Waals surface area contributed by atoms with Gasteiger partial charge < -0.3 is 9.64 Å². The van der Waals surface area contributed by atoms with Crippen LogP contribution in [-0.4, -0.2) is 13.7 Å². The number of hydrogen-bond donors (Lipinski definition) is 0. The summed E-state index contributed by atoms with van der Waals surface area (Å²) in [6, 6.07) is 6.10. The Labute approximate surface area is 90.5 Å². The summed E-state index contributed by atoms with van der Waals surface area (Å²) < 4.78 is 5.20. The topological polar surface area (TPSA) is 12.5 Å². The predicted molar refractivity (Wildman–Crippen MR) is 64.2 cm³/mol. The number of benzene rings is 1. The average Bonchev–Trinajstić information content (AvgIpc) is 2.28. The minimum absolute atomic E-state index is 0.891. The molecule has 78 valence electrons. The first kappa shape index (κ1) is 9.84. The molecule has 0 spiro atoms. The highest BCUT2D eigenvalue weighted by atomic mass is 16.5. The third-order valence-electron chi connectivity index (χ3n) is 2.64. The Bertz CT molecular complexity index is 421. The van der Waals surface area contributed by atoms with Crippen molar-refractivity contribution in [2.24, 2.45) is 0 Å². The van der Waals surface area contributed by atoms with E-state index in [1.165, 1.54) is 11.3 Å². The molecular weight excluding hydrogens is 186 g/mol. The minimum atomic E-state index is 0.891. The van der Waals surface area contributed by atoms with E-state index < -0.39 is 0 Å². The molecule has 0 fully saturated rings. The highest BCUT2D eigenvalue weighted by molar-refractivity contribution is 5.77. The van der Waals surface area contributed by atoms with Crippen molar-refractivity contribution in [1.29, 1.82) is 0 Å². The molecule has 0 radical (unpaired) electrons. The highest BCUT2D eigenvalue weighted by Gasteiger charge is 2.14. The number of fused-ring (bicyclic) bond motifs is 1. The minimum Gasteiger partial charge on any atom is -0.497 e. The molecule has 15 heavy (non-hydrogen) atoms. The number of anilines is 1. The molecule has 1 aliphatic rings. The zero-order valence-electron chi connectivity index (χ0n) is 9.16. The Balaban J connectivity index is 2.49. The summed E-state index contributed by atoms with van der Waals surface area (Å²) in [5.41, 5.74) is 3.42. The molecule has 2 rings (SSSR count). The van der Waals surface area contributed by atoms with E-state index in [0.29, 0.717) is 0 Å². The quantitative estimate of drug-likeness (QED) is 0.729. The van der Waals surface area contributed by atoms with Gasteiger partial charge in [0.05, 0.1) is 7.11 Å². The maximum absolute atomic E-state index is 5.20. The number of rotatable bonds is 2. The average molecular weight is 201 g/mol. The number of ether oxygens (including phenoxy) is 1. The Morgan fingerprint density at radius 2 is 2.13 bits per heavy atom. The van der Waals surface area contributed by atoms with Crippen LogP contribution in [0, 0.1) is 0 Å². The van der Waals surface area contributed by atoms with Crippen molar-refractivity contribution in [2.45, 2.75) is 6.92 Å². The molecular formula is C13H15NO. The standard InChI is InChI=1S/C13H15NO/c1-4-14-10(2)5-6-11-9-12(15-3)7-8-13(11)14/h5-9H,2,4H2,1,3H3. The molecule has 1 aliphatic heterocycles. The van der Waals surface area contributed by atoms with E-state index in [-0.39, 0.29) is 0 Å². The van der Waals surface area contributed by atoms with Crippen molar-refractivity contribution < 1.29 is 4.74 Å². The summed E-state index contributed by atoms with van der Waals surface area (Å²) >= 11 is 0. The van der Waals surface area contributed by atoms with Gasteiger partial charge in [0.15, 0.2) is 0 Å². The van der Waals surface area contributed by atoms with Crippen molar-refractivity contribution in [3.63, 3.8) is 0 Å². The molecule has 1 aromatic carbocycles.